The summed E-state index contributed by atoms with van der Waals surface area (Å²) in [6.45, 7) is 8.05. The molecule has 15 heavy (non-hydrogen) atoms. The Balaban J connectivity index is 4.56. The van der Waals surface area contributed by atoms with Crippen LogP contribution in [0.4, 0.5) is 0 Å². The zero-order valence-corrected chi connectivity index (χ0v) is 8.56. The van der Waals surface area contributed by atoms with Gasteiger partial charge in [-0.05, 0) is 6.42 Å². The summed E-state index contributed by atoms with van der Waals surface area (Å²) in [5.41, 5.74) is 0. The molecule has 0 fully saturated rings. The maximum absolute atomic E-state index is 10.9. The van der Waals surface area contributed by atoms with Gasteiger partial charge in [0.1, 0.15) is 0 Å². The van der Waals surface area contributed by atoms with Gasteiger partial charge in [0.05, 0.1) is 6.42 Å². The van der Waals surface area contributed by atoms with Gasteiger partial charge >= 0.3 is 17.9 Å². The Hall–Kier alpha value is -1.62. The predicted octanol–water partition coefficient (Wildman–Crippen LogP) is 0.891. The molecule has 0 unspecified atom stereocenters. The number of hydrogen-bond donors (Lipinski definition) is 1. The highest BCUT2D eigenvalue weighted by atomic mass is 16.8. The molecule has 0 aromatic carbocycles. The fraction of sp³-hybridized carbons (Fsp3) is 0.400. The Morgan fingerprint density at radius 2 is 1.67 bits per heavy atom. The van der Waals surface area contributed by atoms with E-state index in [1.54, 1.807) is 6.92 Å². The van der Waals surface area contributed by atoms with Crippen LogP contribution in [-0.4, -0.2) is 23.0 Å². The lowest BCUT2D eigenvalue weighted by Crippen LogP contribution is -2.39. The quantitative estimate of drug-likeness (QED) is 0.404. The Morgan fingerprint density at radius 1 is 1.27 bits per heavy atom. The fourth-order valence-electron chi connectivity index (χ4n) is 0.837. The molecule has 0 saturated heterocycles. The van der Waals surface area contributed by atoms with Crippen molar-refractivity contribution in [3.05, 3.63) is 25.3 Å². The monoisotopic (exact) mass is 214 g/mol. The smallest absolute Gasteiger partial charge is 0.373 e. The summed E-state index contributed by atoms with van der Waals surface area (Å²) in [6, 6.07) is 0. The minimum absolute atomic E-state index is 0.0217. The molecule has 0 aromatic heterocycles. The molecule has 5 nitrogen and oxygen atoms in total. The summed E-state index contributed by atoms with van der Waals surface area (Å²) >= 11 is 0. The van der Waals surface area contributed by atoms with Crippen molar-refractivity contribution in [3.63, 3.8) is 0 Å². The summed E-state index contributed by atoms with van der Waals surface area (Å²) in [6.07, 6.45) is 2.17. The van der Waals surface area contributed by atoms with Crippen LogP contribution >= 0.6 is 0 Å². The fourth-order valence-corrected chi connectivity index (χ4v) is 0.837. The standard InChI is InChI=1S/C10H14O5/c1-4-7-10(13,14-8(11)5-2)15-9(12)6-3/h5-6,13H,2-4,7H2,1H3. The Labute approximate surface area is 88.0 Å². The molecule has 0 bridgehead atoms. The maximum Gasteiger partial charge on any atom is 0.373 e. The van der Waals surface area contributed by atoms with Crippen molar-refractivity contribution in [1.29, 1.82) is 0 Å². The van der Waals surface area contributed by atoms with Gasteiger partial charge in [-0.25, -0.2) is 9.59 Å². The van der Waals surface area contributed by atoms with Crippen LogP contribution in [-0.2, 0) is 19.1 Å². The first-order valence-corrected chi connectivity index (χ1v) is 4.40. The van der Waals surface area contributed by atoms with Crippen molar-refractivity contribution in [1.82, 2.24) is 0 Å². The molecule has 0 spiro atoms. The molecular formula is C10H14O5. The molecule has 0 aliphatic rings. The molecule has 0 heterocycles. The highest BCUT2D eigenvalue weighted by Gasteiger charge is 2.34. The van der Waals surface area contributed by atoms with Crippen molar-refractivity contribution in [2.24, 2.45) is 0 Å². The van der Waals surface area contributed by atoms with Crippen LogP contribution in [0.2, 0.25) is 0 Å². The van der Waals surface area contributed by atoms with Gasteiger partial charge in [-0.3, -0.25) is 0 Å². The van der Waals surface area contributed by atoms with Crippen molar-refractivity contribution < 1.29 is 24.2 Å². The van der Waals surface area contributed by atoms with Crippen LogP contribution in [0.5, 0.6) is 0 Å². The molecule has 0 saturated carbocycles. The molecule has 0 rings (SSSR count). The van der Waals surface area contributed by atoms with E-state index in [4.69, 9.17) is 0 Å². The second kappa shape index (κ2) is 5.98. The van der Waals surface area contributed by atoms with E-state index in [9.17, 15) is 14.7 Å². The van der Waals surface area contributed by atoms with Gasteiger partial charge in [0, 0.05) is 12.2 Å². The van der Waals surface area contributed by atoms with Gasteiger partial charge < -0.3 is 14.6 Å². The summed E-state index contributed by atoms with van der Waals surface area (Å²) in [5, 5.41) is 9.63. The number of aliphatic hydroxyl groups is 1. The van der Waals surface area contributed by atoms with E-state index in [0.717, 1.165) is 12.2 Å². The SMILES string of the molecule is C=CC(=O)OC(O)(CCC)OC(=O)C=C. The van der Waals surface area contributed by atoms with Crippen molar-refractivity contribution in [2.75, 3.05) is 0 Å². The van der Waals surface area contributed by atoms with E-state index in [1.165, 1.54) is 0 Å². The molecule has 0 aliphatic heterocycles. The number of carbonyl (C=O) groups excluding carboxylic acids is 2. The lowest BCUT2D eigenvalue weighted by Gasteiger charge is -2.25. The van der Waals surface area contributed by atoms with Crippen molar-refractivity contribution in [3.8, 4) is 0 Å². The molecule has 5 heteroatoms. The number of ether oxygens (including phenoxy) is 2. The third kappa shape index (κ3) is 4.97. The molecule has 0 amide bonds. The predicted molar refractivity (Wildman–Crippen MR) is 52.4 cm³/mol. The number of esters is 2. The third-order valence-electron chi connectivity index (χ3n) is 1.42. The minimum atomic E-state index is -2.24. The first-order chi connectivity index (χ1) is 6.97. The normalized spacial score (nSPS) is 10.3. The third-order valence-corrected chi connectivity index (χ3v) is 1.42. The molecule has 0 radical (unpaired) electrons. The Bertz CT molecular complexity index is 247. The van der Waals surface area contributed by atoms with E-state index in [2.05, 4.69) is 22.6 Å². The van der Waals surface area contributed by atoms with E-state index in [1.807, 2.05) is 0 Å². The summed E-state index contributed by atoms with van der Waals surface area (Å²) < 4.78 is 9.02. The highest BCUT2D eigenvalue weighted by Crippen LogP contribution is 2.17. The largest absolute Gasteiger partial charge is 0.395 e. The summed E-state index contributed by atoms with van der Waals surface area (Å²) in [7, 11) is 0. The summed E-state index contributed by atoms with van der Waals surface area (Å²) in [5.74, 6) is -3.99. The van der Waals surface area contributed by atoms with Crippen LogP contribution in [0.25, 0.3) is 0 Å². The molecule has 1 N–H and O–H groups in total. The second-order valence-electron chi connectivity index (χ2n) is 2.71. The van der Waals surface area contributed by atoms with Gasteiger partial charge in [-0.15, -0.1) is 0 Å². The van der Waals surface area contributed by atoms with Crippen LogP contribution < -0.4 is 0 Å². The van der Waals surface area contributed by atoms with Crippen LogP contribution in [0.15, 0.2) is 25.3 Å². The molecule has 0 aromatic rings. The van der Waals surface area contributed by atoms with Crippen LogP contribution in [0.3, 0.4) is 0 Å². The van der Waals surface area contributed by atoms with E-state index in [-0.39, 0.29) is 6.42 Å². The van der Waals surface area contributed by atoms with E-state index in [0.29, 0.717) is 6.42 Å². The zero-order valence-electron chi connectivity index (χ0n) is 8.56. The Kier molecular flexibility index (Phi) is 5.33. The van der Waals surface area contributed by atoms with Gasteiger partial charge in [-0.2, -0.15) is 0 Å². The number of carbonyl (C=O) groups is 2. The lowest BCUT2D eigenvalue weighted by molar-refractivity contribution is -0.323. The first kappa shape index (κ1) is 13.4. The van der Waals surface area contributed by atoms with Crippen molar-refractivity contribution in [2.45, 2.75) is 25.7 Å². The minimum Gasteiger partial charge on any atom is -0.395 e. The topological polar surface area (TPSA) is 72.8 Å². The number of hydrogen-bond acceptors (Lipinski definition) is 5. The van der Waals surface area contributed by atoms with Gasteiger partial charge in [0.15, 0.2) is 0 Å². The van der Waals surface area contributed by atoms with Crippen molar-refractivity contribution >= 4 is 11.9 Å². The van der Waals surface area contributed by atoms with Gasteiger partial charge in [0.2, 0.25) is 0 Å². The molecule has 0 atom stereocenters. The van der Waals surface area contributed by atoms with Crippen LogP contribution in [0, 0.1) is 0 Å². The zero-order chi connectivity index (χ0) is 11.9. The van der Waals surface area contributed by atoms with Crippen LogP contribution in [0.1, 0.15) is 19.8 Å². The first-order valence-electron chi connectivity index (χ1n) is 4.40. The second-order valence-corrected chi connectivity index (χ2v) is 2.71. The Morgan fingerprint density at radius 3 is 1.93 bits per heavy atom. The van der Waals surface area contributed by atoms with E-state index >= 15 is 0 Å². The highest BCUT2D eigenvalue weighted by molar-refractivity contribution is 5.83. The molecule has 0 aliphatic carbocycles. The average Bonchev–Trinajstić information content (AvgIpc) is 2.17. The van der Waals surface area contributed by atoms with Gasteiger partial charge in [-0.1, -0.05) is 20.1 Å². The van der Waals surface area contributed by atoms with Gasteiger partial charge in [0.25, 0.3) is 0 Å². The number of rotatable bonds is 6. The molecule has 84 valence electrons. The molecular weight excluding hydrogens is 200 g/mol. The van der Waals surface area contributed by atoms with E-state index < -0.39 is 17.9 Å². The maximum atomic E-state index is 10.9. The summed E-state index contributed by atoms with van der Waals surface area (Å²) in [4.78, 5) is 21.7. The lowest BCUT2D eigenvalue weighted by atomic mass is 10.3. The average molecular weight is 214 g/mol.